The van der Waals surface area contributed by atoms with Crippen molar-refractivity contribution in [3.63, 3.8) is 0 Å². The smallest absolute Gasteiger partial charge is 0.226 e. The van der Waals surface area contributed by atoms with Gasteiger partial charge in [-0.15, -0.1) is 17.8 Å². The van der Waals surface area contributed by atoms with Crippen molar-refractivity contribution in [2.24, 2.45) is 23.2 Å². The number of aliphatic hydroxyl groups excluding tert-OH is 1. The molecule has 1 aromatic heterocycles. The van der Waals surface area contributed by atoms with Gasteiger partial charge in [0.05, 0.1) is 18.3 Å². The van der Waals surface area contributed by atoms with E-state index in [-0.39, 0.29) is 35.0 Å². The fraction of sp³-hybridized carbons (Fsp3) is 0.750. The van der Waals surface area contributed by atoms with Gasteiger partial charge in [-0.3, -0.25) is 4.79 Å². The number of terminal acetylenes is 1. The molecule has 1 saturated carbocycles. The van der Waals surface area contributed by atoms with Crippen LogP contribution < -0.4 is 5.32 Å². The molecule has 0 saturated heterocycles. The minimum absolute atomic E-state index is 0.0285. The van der Waals surface area contributed by atoms with E-state index < -0.39 is 6.10 Å². The maximum Gasteiger partial charge on any atom is 0.226 e. The zero-order valence-electron chi connectivity index (χ0n) is 19.1. The molecule has 0 spiro atoms. The summed E-state index contributed by atoms with van der Waals surface area (Å²) in [6, 6.07) is 0. The summed E-state index contributed by atoms with van der Waals surface area (Å²) < 4.78 is 0. The van der Waals surface area contributed by atoms with Crippen LogP contribution in [-0.4, -0.2) is 47.1 Å². The Hall–Kier alpha value is -1.58. The average Bonchev–Trinajstić information content (AvgIpc) is 3.09. The maximum absolute atomic E-state index is 12.8. The van der Waals surface area contributed by atoms with E-state index in [4.69, 9.17) is 11.4 Å². The first-order chi connectivity index (χ1) is 14.2. The number of hydrogen-bond donors (Lipinski definition) is 2. The number of amides is 1. The van der Waals surface area contributed by atoms with Crippen LogP contribution in [0.15, 0.2) is 0 Å². The van der Waals surface area contributed by atoms with Crippen molar-refractivity contribution >= 4 is 22.4 Å². The van der Waals surface area contributed by atoms with Crippen molar-refractivity contribution in [3.05, 3.63) is 10.6 Å². The van der Waals surface area contributed by atoms with E-state index >= 15 is 0 Å². The lowest BCUT2D eigenvalue weighted by atomic mass is 9.53. The number of nitrogens with zero attached hydrogens (tertiary/aromatic N) is 2. The lowest BCUT2D eigenvalue weighted by molar-refractivity contribution is -0.142. The van der Waals surface area contributed by atoms with Gasteiger partial charge in [-0.25, -0.2) is 4.98 Å². The van der Waals surface area contributed by atoms with Crippen molar-refractivity contribution in [2.45, 2.75) is 71.8 Å². The monoisotopic (exact) mass is 431 g/mol. The van der Waals surface area contributed by atoms with Crippen LogP contribution in [-0.2, 0) is 11.2 Å². The van der Waals surface area contributed by atoms with E-state index in [1.54, 1.807) is 23.3 Å². The first-order valence-electron chi connectivity index (χ1n) is 11.3. The molecule has 0 aliphatic heterocycles. The number of hydrogen-bond acceptors (Lipinski definition) is 5. The lowest BCUT2D eigenvalue weighted by Crippen LogP contribution is -2.53. The molecule has 3 rings (SSSR count). The standard InChI is InChI=1S/C24H37N3O2S/c1-7-9-12-25-23-26-20-16(4)19-21(28)17(15(3)22(29)27(6)13-8-2)10-11-24(19,5)14-18(20)30-23/h2,15-17,19,21,28H,7,9-14H2,1,3-6H3,(H,25,26)/t15-,16-,17+,19+,21-,24+/m0/s1. The number of fused-ring (bicyclic) bond motifs is 2. The van der Waals surface area contributed by atoms with Crippen LogP contribution in [0.1, 0.15) is 69.9 Å². The van der Waals surface area contributed by atoms with Gasteiger partial charge in [-0.05, 0) is 42.9 Å². The molecule has 0 radical (unpaired) electrons. The minimum Gasteiger partial charge on any atom is -0.392 e. The molecule has 30 heavy (non-hydrogen) atoms. The zero-order valence-corrected chi connectivity index (χ0v) is 19.9. The zero-order chi connectivity index (χ0) is 22.1. The van der Waals surface area contributed by atoms with Gasteiger partial charge in [0.25, 0.3) is 0 Å². The number of nitrogens with one attached hydrogen (secondary N) is 1. The summed E-state index contributed by atoms with van der Waals surface area (Å²) in [5.41, 5.74) is 1.19. The highest BCUT2D eigenvalue weighted by atomic mass is 32.1. The summed E-state index contributed by atoms with van der Waals surface area (Å²) >= 11 is 1.78. The minimum atomic E-state index is -0.511. The molecule has 6 atom stereocenters. The fourth-order valence-electron chi connectivity index (χ4n) is 5.74. The van der Waals surface area contributed by atoms with Crippen LogP contribution in [0.4, 0.5) is 5.13 Å². The van der Waals surface area contributed by atoms with Gasteiger partial charge in [-0.1, -0.05) is 40.0 Å². The number of rotatable bonds is 7. The highest BCUT2D eigenvalue weighted by Crippen LogP contribution is 2.57. The summed E-state index contributed by atoms with van der Waals surface area (Å²) in [6.07, 6.45) is 10.0. The highest BCUT2D eigenvalue weighted by molar-refractivity contribution is 7.15. The van der Waals surface area contributed by atoms with E-state index in [0.29, 0.717) is 6.54 Å². The van der Waals surface area contributed by atoms with Gasteiger partial charge in [0.2, 0.25) is 5.91 Å². The van der Waals surface area contributed by atoms with Gasteiger partial charge in [0.1, 0.15) is 0 Å². The maximum atomic E-state index is 12.8. The Morgan fingerprint density at radius 3 is 2.93 bits per heavy atom. The van der Waals surface area contributed by atoms with Crippen LogP contribution in [0, 0.1) is 35.5 Å². The molecule has 2 aliphatic rings. The molecule has 1 heterocycles. The summed E-state index contributed by atoms with van der Waals surface area (Å²) in [7, 11) is 1.75. The summed E-state index contributed by atoms with van der Waals surface area (Å²) in [4.78, 5) is 20.7. The van der Waals surface area contributed by atoms with Crippen LogP contribution in [0.5, 0.6) is 0 Å². The number of unbranched alkanes of at least 4 members (excludes halogenated alkanes) is 1. The summed E-state index contributed by atoms with van der Waals surface area (Å²) in [5, 5.41) is 16.0. The van der Waals surface area contributed by atoms with E-state index in [1.807, 2.05) is 6.92 Å². The van der Waals surface area contributed by atoms with Crippen LogP contribution in [0.3, 0.4) is 0 Å². The van der Waals surface area contributed by atoms with Gasteiger partial charge < -0.3 is 15.3 Å². The second-order valence-electron chi connectivity index (χ2n) is 9.63. The molecule has 166 valence electrons. The topological polar surface area (TPSA) is 65.5 Å². The summed E-state index contributed by atoms with van der Waals surface area (Å²) in [5.74, 6) is 2.58. The first kappa shape index (κ1) is 23.1. The number of aliphatic hydroxyl groups is 1. The van der Waals surface area contributed by atoms with Gasteiger partial charge in [0, 0.05) is 30.3 Å². The Morgan fingerprint density at radius 1 is 1.53 bits per heavy atom. The van der Waals surface area contributed by atoms with E-state index in [0.717, 1.165) is 49.5 Å². The second-order valence-corrected chi connectivity index (χ2v) is 10.7. The Morgan fingerprint density at radius 2 is 2.27 bits per heavy atom. The Labute approximate surface area is 185 Å². The SMILES string of the molecule is C#CCN(C)C(=O)[C@@H](C)[C@H]1CC[C@]2(C)Cc3sc(NCCCC)nc3[C@@H](C)[C@@H]2[C@H]1O. The van der Waals surface area contributed by atoms with Gasteiger partial charge in [0.15, 0.2) is 5.13 Å². The lowest BCUT2D eigenvalue weighted by Gasteiger charge is -2.53. The van der Waals surface area contributed by atoms with Crippen LogP contribution in [0.25, 0.3) is 0 Å². The third kappa shape index (κ3) is 4.24. The molecule has 1 aromatic rings. The molecule has 1 fully saturated rings. The number of carbonyl (C=O) groups excluding carboxylic acids is 1. The quantitative estimate of drug-likeness (QED) is 0.503. The third-order valence-corrected chi connectivity index (χ3v) is 8.49. The average molecular weight is 432 g/mol. The van der Waals surface area contributed by atoms with Crippen molar-refractivity contribution in [1.29, 1.82) is 0 Å². The van der Waals surface area contributed by atoms with Crippen molar-refractivity contribution < 1.29 is 9.90 Å². The molecule has 5 nitrogen and oxygen atoms in total. The fourth-order valence-corrected chi connectivity index (χ4v) is 7.03. The molecule has 0 unspecified atom stereocenters. The molecule has 0 bridgehead atoms. The number of carbonyl (C=O) groups is 1. The highest BCUT2D eigenvalue weighted by Gasteiger charge is 2.54. The van der Waals surface area contributed by atoms with E-state index in [1.165, 1.54) is 4.88 Å². The third-order valence-electron chi connectivity index (χ3n) is 7.47. The van der Waals surface area contributed by atoms with Crippen molar-refractivity contribution in [3.8, 4) is 12.3 Å². The van der Waals surface area contributed by atoms with Gasteiger partial charge >= 0.3 is 0 Å². The first-order valence-corrected chi connectivity index (χ1v) is 12.1. The molecular formula is C24H37N3O2S. The van der Waals surface area contributed by atoms with Crippen molar-refractivity contribution in [1.82, 2.24) is 9.88 Å². The Kier molecular flexibility index (Phi) is 7.14. The molecule has 0 aromatic carbocycles. The van der Waals surface area contributed by atoms with Gasteiger partial charge in [-0.2, -0.15) is 0 Å². The predicted molar refractivity (Wildman–Crippen MR) is 124 cm³/mol. The van der Waals surface area contributed by atoms with Crippen LogP contribution >= 0.6 is 11.3 Å². The number of anilines is 1. The van der Waals surface area contributed by atoms with E-state index in [2.05, 4.69) is 32.0 Å². The summed E-state index contributed by atoms with van der Waals surface area (Å²) in [6.45, 7) is 9.92. The number of thiazole rings is 1. The molecule has 2 N–H and O–H groups in total. The largest absolute Gasteiger partial charge is 0.392 e. The molecule has 6 heteroatoms. The molecule has 2 aliphatic carbocycles. The van der Waals surface area contributed by atoms with Crippen molar-refractivity contribution in [2.75, 3.05) is 25.5 Å². The molecule has 1 amide bonds. The molecular weight excluding hydrogens is 394 g/mol. The van der Waals surface area contributed by atoms with Crippen LogP contribution in [0.2, 0.25) is 0 Å². The Bertz CT molecular complexity index is 801. The predicted octanol–water partition coefficient (Wildman–Crippen LogP) is 4.14. The number of aromatic nitrogens is 1. The normalized spacial score (nSPS) is 31.2. The Balaban J connectivity index is 1.80. The van der Waals surface area contributed by atoms with E-state index in [9.17, 15) is 9.90 Å². The second kappa shape index (κ2) is 9.28.